The minimum atomic E-state index is -0.0382. The highest BCUT2D eigenvalue weighted by molar-refractivity contribution is 5.84. The zero-order chi connectivity index (χ0) is 14.5. The first-order valence-electron chi connectivity index (χ1n) is 7.34. The van der Waals surface area contributed by atoms with Crippen LogP contribution < -0.4 is 5.32 Å². The van der Waals surface area contributed by atoms with E-state index >= 15 is 0 Å². The van der Waals surface area contributed by atoms with E-state index in [9.17, 15) is 14.4 Å². The second-order valence-electron chi connectivity index (χ2n) is 4.99. The predicted octanol–water partition coefficient (Wildman–Crippen LogP) is 3.04. The Bertz CT molecular complexity index is 293. The van der Waals surface area contributed by atoms with E-state index in [-0.39, 0.29) is 19.7 Å². The van der Waals surface area contributed by atoms with Gasteiger partial charge in [0, 0.05) is 20.7 Å². The molecule has 0 spiro atoms. The number of unbranched alkanes of at least 4 members (excludes halogenated alkanes) is 5. The number of hydrogen-bond acceptors (Lipinski definition) is 3. The van der Waals surface area contributed by atoms with Gasteiger partial charge in [-0.2, -0.15) is 0 Å². The number of carbonyl (C=O) groups excluding carboxylic acids is 3. The highest BCUT2D eigenvalue weighted by Gasteiger charge is 2.02. The molecule has 0 heterocycles. The molecule has 0 aromatic rings. The van der Waals surface area contributed by atoms with Crippen molar-refractivity contribution in [3.63, 3.8) is 0 Å². The number of carbonyl (C=O) groups is 3. The van der Waals surface area contributed by atoms with Crippen molar-refractivity contribution in [1.82, 2.24) is 5.32 Å². The molecule has 4 nitrogen and oxygen atoms in total. The normalized spacial score (nSPS) is 10.2. The predicted molar refractivity (Wildman–Crippen MR) is 78.0 cm³/mol. The molecule has 0 unspecified atom stereocenters. The van der Waals surface area contributed by atoms with Gasteiger partial charge >= 0.3 is 0 Å². The summed E-state index contributed by atoms with van der Waals surface area (Å²) in [4.78, 5) is 33.0. The van der Waals surface area contributed by atoms with E-state index in [0.717, 1.165) is 38.5 Å². The third kappa shape index (κ3) is 13.0. The third-order valence-corrected chi connectivity index (χ3v) is 3.04. The minimum Gasteiger partial charge on any atom is -0.349 e. The Hall–Kier alpha value is -1.19. The third-order valence-electron chi connectivity index (χ3n) is 3.04. The maximum atomic E-state index is 11.3. The molecule has 1 amide bonds. The number of Topliss-reactive ketones (excluding diaryl/α,β-unsaturated/α-hetero) is 2. The SMILES string of the molecule is CCC(=O)CCCCCCCCC(=O)NCC(C)=O.[HH]. The van der Waals surface area contributed by atoms with Crippen LogP contribution in [0.2, 0.25) is 0 Å². The van der Waals surface area contributed by atoms with Gasteiger partial charge in [0.15, 0.2) is 0 Å². The van der Waals surface area contributed by atoms with Crippen LogP contribution in [0.3, 0.4) is 0 Å². The molecule has 0 aliphatic carbocycles. The molecule has 112 valence electrons. The van der Waals surface area contributed by atoms with Crippen molar-refractivity contribution in [2.75, 3.05) is 6.54 Å². The van der Waals surface area contributed by atoms with Crippen LogP contribution in [-0.4, -0.2) is 24.0 Å². The van der Waals surface area contributed by atoms with Gasteiger partial charge in [0.05, 0.1) is 6.54 Å². The number of hydrogen-bond donors (Lipinski definition) is 1. The lowest BCUT2D eigenvalue weighted by Gasteiger charge is -2.03. The van der Waals surface area contributed by atoms with Crippen molar-refractivity contribution in [3.8, 4) is 0 Å². The number of amides is 1. The number of nitrogens with one attached hydrogen (secondary N) is 1. The summed E-state index contributed by atoms with van der Waals surface area (Å²) in [5.41, 5.74) is 0. The Morgan fingerprint density at radius 1 is 0.895 bits per heavy atom. The molecule has 0 atom stereocenters. The fourth-order valence-corrected chi connectivity index (χ4v) is 1.80. The molecule has 0 aliphatic heterocycles. The molecule has 0 aromatic carbocycles. The van der Waals surface area contributed by atoms with Gasteiger partial charge in [-0.25, -0.2) is 0 Å². The average molecular weight is 271 g/mol. The quantitative estimate of drug-likeness (QED) is 0.555. The van der Waals surface area contributed by atoms with E-state index in [1.54, 1.807) is 0 Å². The Morgan fingerprint density at radius 3 is 1.95 bits per heavy atom. The van der Waals surface area contributed by atoms with Crippen LogP contribution in [0.25, 0.3) is 0 Å². The molecule has 0 radical (unpaired) electrons. The Labute approximate surface area is 117 Å². The first-order valence-corrected chi connectivity index (χ1v) is 7.34. The summed E-state index contributed by atoms with van der Waals surface area (Å²) in [6, 6.07) is 0. The van der Waals surface area contributed by atoms with Crippen LogP contribution in [-0.2, 0) is 14.4 Å². The van der Waals surface area contributed by atoms with Gasteiger partial charge in [-0.15, -0.1) is 0 Å². The van der Waals surface area contributed by atoms with Crippen LogP contribution in [0.4, 0.5) is 0 Å². The summed E-state index contributed by atoms with van der Waals surface area (Å²) >= 11 is 0. The van der Waals surface area contributed by atoms with Crippen LogP contribution in [0, 0.1) is 0 Å². The molecule has 0 bridgehead atoms. The average Bonchev–Trinajstić information content (AvgIpc) is 2.38. The van der Waals surface area contributed by atoms with Crippen molar-refractivity contribution in [2.45, 2.75) is 71.6 Å². The second kappa shape index (κ2) is 11.9. The first-order chi connectivity index (χ1) is 9.06. The van der Waals surface area contributed by atoms with Gasteiger partial charge < -0.3 is 5.32 Å². The van der Waals surface area contributed by atoms with Gasteiger partial charge in [0.25, 0.3) is 0 Å². The van der Waals surface area contributed by atoms with Crippen molar-refractivity contribution >= 4 is 17.5 Å². The van der Waals surface area contributed by atoms with Gasteiger partial charge in [0.2, 0.25) is 5.91 Å². The molecular formula is C15H29NO3. The van der Waals surface area contributed by atoms with Crippen molar-refractivity contribution in [1.29, 1.82) is 0 Å². The Kier molecular flexibility index (Phi) is 11.1. The molecule has 0 saturated heterocycles. The summed E-state index contributed by atoms with van der Waals surface area (Å²) in [5, 5.41) is 2.59. The lowest BCUT2D eigenvalue weighted by Crippen LogP contribution is -2.27. The molecule has 0 aliphatic rings. The van der Waals surface area contributed by atoms with Gasteiger partial charge in [0.1, 0.15) is 11.6 Å². The topological polar surface area (TPSA) is 63.2 Å². The molecule has 19 heavy (non-hydrogen) atoms. The summed E-state index contributed by atoms with van der Waals surface area (Å²) in [7, 11) is 0. The van der Waals surface area contributed by atoms with Gasteiger partial charge in [-0.1, -0.05) is 32.6 Å². The summed E-state index contributed by atoms with van der Waals surface area (Å²) < 4.78 is 0. The lowest BCUT2D eigenvalue weighted by molar-refractivity contribution is -0.124. The van der Waals surface area contributed by atoms with E-state index in [1.807, 2.05) is 6.92 Å². The molecule has 1 N–H and O–H groups in total. The van der Waals surface area contributed by atoms with Crippen LogP contribution in [0.5, 0.6) is 0 Å². The minimum absolute atomic E-state index is 0. The van der Waals surface area contributed by atoms with E-state index in [0.29, 0.717) is 25.0 Å². The van der Waals surface area contributed by atoms with Crippen LogP contribution >= 0.6 is 0 Å². The van der Waals surface area contributed by atoms with Crippen molar-refractivity contribution < 1.29 is 15.8 Å². The first kappa shape index (κ1) is 17.8. The summed E-state index contributed by atoms with van der Waals surface area (Å²) in [5.74, 6) is 0.292. The Morgan fingerprint density at radius 2 is 1.42 bits per heavy atom. The monoisotopic (exact) mass is 271 g/mol. The summed E-state index contributed by atoms with van der Waals surface area (Å²) in [6.45, 7) is 3.51. The lowest BCUT2D eigenvalue weighted by atomic mass is 10.1. The largest absolute Gasteiger partial charge is 0.349 e. The second-order valence-corrected chi connectivity index (χ2v) is 4.99. The number of rotatable bonds is 12. The highest BCUT2D eigenvalue weighted by atomic mass is 16.2. The maximum absolute atomic E-state index is 11.3. The standard InChI is InChI=1S/C15H27NO3.H2/c1-3-14(18)10-8-6-4-5-7-9-11-15(19)16-12-13(2)17;/h3-12H2,1-2H3,(H,16,19);1H. The van der Waals surface area contributed by atoms with Crippen molar-refractivity contribution in [3.05, 3.63) is 0 Å². The van der Waals surface area contributed by atoms with Crippen LogP contribution in [0.1, 0.15) is 73.1 Å². The van der Waals surface area contributed by atoms with Crippen LogP contribution in [0.15, 0.2) is 0 Å². The molecule has 0 aromatic heterocycles. The fraction of sp³-hybridized carbons (Fsp3) is 0.800. The van der Waals surface area contributed by atoms with Gasteiger partial charge in [-0.05, 0) is 19.8 Å². The molecular weight excluding hydrogens is 242 g/mol. The zero-order valence-corrected chi connectivity index (χ0v) is 12.3. The molecule has 0 rings (SSSR count). The number of ketones is 2. The van der Waals surface area contributed by atoms with Gasteiger partial charge in [-0.3, -0.25) is 14.4 Å². The van der Waals surface area contributed by atoms with E-state index in [2.05, 4.69) is 5.32 Å². The van der Waals surface area contributed by atoms with E-state index in [1.165, 1.54) is 6.92 Å². The molecule has 4 heteroatoms. The van der Waals surface area contributed by atoms with E-state index < -0.39 is 0 Å². The van der Waals surface area contributed by atoms with Crippen molar-refractivity contribution in [2.24, 2.45) is 0 Å². The van der Waals surface area contributed by atoms with E-state index in [4.69, 9.17) is 0 Å². The summed E-state index contributed by atoms with van der Waals surface area (Å²) in [6.07, 6.45) is 8.11. The maximum Gasteiger partial charge on any atom is 0.220 e. The zero-order valence-electron chi connectivity index (χ0n) is 12.3. The smallest absolute Gasteiger partial charge is 0.220 e. The molecule has 0 saturated carbocycles. The molecule has 0 fully saturated rings. The fourth-order valence-electron chi connectivity index (χ4n) is 1.80. The Balaban J connectivity index is 0. The highest BCUT2D eigenvalue weighted by Crippen LogP contribution is 2.09.